The summed E-state index contributed by atoms with van der Waals surface area (Å²) in [6.07, 6.45) is 2.09. The van der Waals surface area contributed by atoms with Gasteiger partial charge in [-0.1, -0.05) is 0 Å². The summed E-state index contributed by atoms with van der Waals surface area (Å²) in [6.45, 7) is 6.37. The molecule has 0 fully saturated rings. The molecule has 1 aliphatic rings. The number of nitrogens with zero attached hydrogens (tertiary/aromatic N) is 5. The highest BCUT2D eigenvalue weighted by atomic mass is 19.1. The van der Waals surface area contributed by atoms with Crippen LogP contribution in [0.5, 0.6) is 0 Å². The SMILES string of the molecule is Cn1ccc(-c2nc(-c3ccc(F)cc3)nc3c2CCN(C(=O)OC(C)(C)C)C3)n1. The van der Waals surface area contributed by atoms with Gasteiger partial charge in [0.25, 0.3) is 0 Å². The van der Waals surface area contributed by atoms with E-state index in [1.807, 2.05) is 40.1 Å². The number of aryl methyl sites for hydroxylation is 1. The van der Waals surface area contributed by atoms with Crippen molar-refractivity contribution in [2.75, 3.05) is 6.54 Å². The van der Waals surface area contributed by atoms with Crippen LogP contribution in [0.3, 0.4) is 0 Å². The topological polar surface area (TPSA) is 73.1 Å². The highest BCUT2D eigenvalue weighted by Gasteiger charge is 2.29. The zero-order valence-corrected chi connectivity index (χ0v) is 17.5. The predicted octanol–water partition coefficient (Wildman–Crippen LogP) is 3.98. The largest absolute Gasteiger partial charge is 0.444 e. The average molecular weight is 409 g/mol. The van der Waals surface area contributed by atoms with Gasteiger partial charge < -0.3 is 9.64 Å². The van der Waals surface area contributed by atoms with Crippen molar-refractivity contribution in [3.05, 3.63) is 53.6 Å². The number of carbonyl (C=O) groups excluding carboxylic acids is 1. The van der Waals surface area contributed by atoms with Crippen LogP contribution in [0.25, 0.3) is 22.8 Å². The van der Waals surface area contributed by atoms with Gasteiger partial charge in [0.2, 0.25) is 0 Å². The Labute approximate surface area is 174 Å². The molecule has 2 aromatic heterocycles. The van der Waals surface area contributed by atoms with E-state index in [9.17, 15) is 9.18 Å². The van der Waals surface area contributed by atoms with Gasteiger partial charge in [-0.3, -0.25) is 4.68 Å². The van der Waals surface area contributed by atoms with Crippen molar-refractivity contribution >= 4 is 6.09 Å². The van der Waals surface area contributed by atoms with Crippen LogP contribution < -0.4 is 0 Å². The molecule has 0 atom stereocenters. The fourth-order valence-corrected chi connectivity index (χ4v) is 3.39. The van der Waals surface area contributed by atoms with Gasteiger partial charge in [0, 0.05) is 30.9 Å². The number of hydrogen-bond acceptors (Lipinski definition) is 5. The van der Waals surface area contributed by atoms with E-state index in [0.717, 1.165) is 22.6 Å². The number of aromatic nitrogens is 4. The molecule has 0 bridgehead atoms. The van der Waals surface area contributed by atoms with Crippen LogP contribution in [0.4, 0.5) is 9.18 Å². The predicted molar refractivity (Wildman–Crippen MR) is 110 cm³/mol. The molecule has 0 unspecified atom stereocenters. The summed E-state index contributed by atoms with van der Waals surface area (Å²) < 4.78 is 20.6. The van der Waals surface area contributed by atoms with Crippen molar-refractivity contribution < 1.29 is 13.9 Å². The molecule has 0 saturated heterocycles. The second-order valence-electron chi connectivity index (χ2n) is 8.35. The lowest BCUT2D eigenvalue weighted by molar-refractivity contribution is 0.0221. The van der Waals surface area contributed by atoms with Crippen molar-refractivity contribution in [2.45, 2.75) is 39.3 Å². The number of ether oxygens (including phenoxy) is 1. The van der Waals surface area contributed by atoms with E-state index in [0.29, 0.717) is 30.9 Å². The van der Waals surface area contributed by atoms with Crippen molar-refractivity contribution in [3.8, 4) is 22.8 Å². The Morgan fingerprint density at radius 1 is 1.13 bits per heavy atom. The average Bonchev–Trinajstić information content (AvgIpc) is 3.12. The first-order valence-electron chi connectivity index (χ1n) is 9.83. The molecule has 0 spiro atoms. The van der Waals surface area contributed by atoms with Gasteiger partial charge in [-0.2, -0.15) is 5.10 Å². The Kier molecular flexibility index (Phi) is 5.01. The van der Waals surface area contributed by atoms with Gasteiger partial charge in [0.05, 0.1) is 17.9 Å². The van der Waals surface area contributed by atoms with Crippen LogP contribution in [-0.2, 0) is 24.8 Å². The van der Waals surface area contributed by atoms with Crippen molar-refractivity contribution in [2.24, 2.45) is 7.05 Å². The third kappa shape index (κ3) is 4.17. The summed E-state index contributed by atoms with van der Waals surface area (Å²) in [5.74, 6) is 0.151. The number of halogens is 1. The van der Waals surface area contributed by atoms with Crippen LogP contribution in [0.2, 0.25) is 0 Å². The maximum atomic E-state index is 13.4. The summed E-state index contributed by atoms with van der Waals surface area (Å²) in [6, 6.07) is 7.95. The molecular formula is C22H24FN5O2. The minimum absolute atomic E-state index is 0.320. The van der Waals surface area contributed by atoms with Crippen LogP contribution in [0.15, 0.2) is 36.5 Å². The minimum Gasteiger partial charge on any atom is -0.444 e. The molecular weight excluding hydrogens is 385 g/mol. The summed E-state index contributed by atoms with van der Waals surface area (Å²) in [4.78, 5) is 23.7. The zero-order valence-electron chi connectivity index (χ0n) is 17.5. The number of fused-ring (bicyclic) bond motifs is 1. The summed E-state index contributed by atoms with van der Waals surface area (Å²) in [7, 11) is 1.85. The van der Waals surface area contributed by atoms with Crippen molar-refractivity contribution in [1.29, 1.82) is 0 Å². The molecule has 3 heterocycles. The smallest absolute Gasteiger partial charge is 0.410 e. The summed E-state index contributed by atoms with van der Waals surface area (Å²) in [5.41, 5.74) is 3.34. The lowest BCUT2D eigenvalue weighted by atomic mass is 10.0. The first kappa shape index (κ1) is 20.0. The lowest BCUT2D eigenvalue weighted by Gasteiger charge is -2.31. The second kappa shape index (κ2) is 7.51. The fourth-order valence-electron chi connectivity index (χ4n) is 3.39. The van der Waals surface area contributed by atoms with Gasteiger partial charge >= 0.3 is 6.09 Å². The number of benzene rings is 1. The zero-order chi connectivity index (χ0) is 21.5. The second-order valence-corrected chi connectivity index (χ2v) is 8.35. The first-order chi connectivity index (χ1) is 14.2. The Bertz CT molecular complexity index is 1090. The standard InChI is InChI=1S/C22H24FN5O2/c1-22(2,3)30-21(29)28-12-9-16-18(13-28)24-20(14-5-7-15(23)8-6-14)25-19(16)17-10-11-27(4)26-17/h5-8,10-11H,9,12-13H2,1-4H3. The van der Waals surface area contributed by atoms with E-state index in [1.165, 1.54) is 12.1 Å². The molecule has 8 heteroatoms. The van der Waals surface area contributed by atoms with Crippen molar-refractivity contribution in [3.63, 3.8) is 0 Å². The molecule has 1 aromatic carbocycles. The van der Waals surface area contributed by atoms with Gasteiger partial charge in [-0.25, -0.2) is 19.2 Å². The molecule has 0 radical (unpaired) electrons. The quantitative estimate of drug-likeness (QED) is 0.640. The Morgan fingerprint density at radius 2 is 1.87 bits per heavy atom. The summed E-state index contributed by atoms with van der Waals surface area (Å²) in [5, 5.41) is 4.50. The first-order valence-corrected chi connectivity index (χ1v) is 9.83. The van der Waals surface area contributed by atoms with E-state index < -0.39 is 5.60 Å². The molecule has 30 heavy (non-hydrogen) atoms. The maximum absolute atomic E-state index is 13.4. The van der Waals surface area contributed by atoms with Crippen molar-refractivity contribution in [1.82, 2.24) is 24.6 Å². The van der Waals surface area contributed by atoms with Crippen LogP contribution in [-0.4, -0.2) is 42.9 Å². The van der Waals surface area contributed by atoms with E-state index >= 15 is 0 Å². The molecule has 1 aliphatic heterocycles. The van der Waals surface area contributed by atoms with Gasteiger partial charge in [0.15, 0.2) is 5.82 Å². The third-order valence-electron chi connectivity index (χ3n) is 4.78. The number of amides is 1. The molecule has 0 aliphatic carbocycles. The van der Waals surface area contributed by atoms with Crippen LogP contribution >= 0.6 is 0 Å². The van der Waals surface area contributed by atoms with Gasteiger partial charge in [-0.15, -0.1) is 0 Å². The molecule has 0 saturated carbocycles. The Morgan fingerprint density at radius 3 is 2.50 bits per heavy atom. The number of carbonyl (C=O) groups is 1. The monoisotopic (exact) mass is 409 g/mol. The Hall–Kier alpha value is -3.29. The molecule has 156 valence electrons. The molecule has 4 rings (SSSR count). The van der Waals surface area contributed by atoms with Gasteiger partial charge in [0.1, 0.15) is 17.1 Å². The summed E-state index contributed by atoms with van der Waals surface area (Å²) >= 11 is 0. The highest BCUT2D eigenvalue weighted by Crippen LogP contribution is 2.30. The highest BCUT2D eigenvalue weighted by molar-refractivity contribution is 5.70. The molecule has 0 N–H and O–H groups in total. The molecule has 7 nitrogen and oxygen atoms in total. The number of hydrogen-bond donors (Lipinski definition) is 0. The van der Waals surface area contributed by atoms with E-state index in [4.69, 9.17) is 14.7 Å². The normalized spacial score (nSPS) is 13.8. The van der Waals surface area contributed by atoms with Crippen LogP contribution in [0.1, 0.15) is 32.0 Å². The Balaban J connectivity index is 1.76. The minimum atomic E-state index is -0.568. The molecule has 1 amide bonds. The van der Waals surface area contributed by atoms with E-state index in [1.54, 1.807) is 21.7 Å². The van der Waals surface area contributed by atoms with E-state index in [-0.39, 0.29) is 11.9 Å². The maximum Gasteiger partial charge on any atom is 0.410 e. The molecule has 3 aromatic rings. The third-order valence-corrected chi connectivity index (χ3v) is 4.78. The van der Waals surface area contributed by atoms with E-state index in [2.05, 4.69) is 5.10 Å². The fraction of sp³-hybridized carbons (Fsp3) is 0.364. The lowest BCUT2D eigenvalue weighted by Crippen LogP contribution is -2.40. The number of rotatable bonds is 2. The van der Waals surface area contributed by atoms with Gasteiger partial charge in [-0.05, 0) is 57.5 Å². The van der Waals surface area contributed by atoms with Crippen LogP contribution in [0, 0.1) is 5.82 Å².